The molecule has 3 rings (SSSR count). The normalized spacial score (nSPS) is 10.4. The monoisotopic (exact) mass is 380 g/mol. The molecule has 0 bridgehead atoms. The molecule has 1 aromatic heterocycles. The Kier molecular flexibility index (Phi) is 5.30. The van der Waals surface area contributed by atoms with E-state index in [1.165, 1.54) is 27.3 Å². The molecule has 0 saturated carbocycles. The number of hydrogen-bond donors (Lipinski definition) is 3. The number of aromatic nitrogens is 1. The Morgan fingerprint density at radius 1 is 1.04 bits per heavy atom. The van der Waals surface area contributed by atoms with Crippen LogP contribution in [0.5, 0.6) is 11.5 Å². The number of carbonyl (C=O) groups excluding carboxylic acids is 2. The summed E-state index contributed by atoms with van der Waals surface area (Å²) in [5.74, 6) is 0.215. The number of nitrogens with one attached hydrogen (secondary N) is 2. The molecule has 2 amide bonds. The zero-order chi connectivity index (χ0) is 20.3. The number of amides is 2. The second-order valence-electron chi connectivity index (χ2n) is 6.02. The Hall–Kier alpha value is -3.81. The molecule has 4 N–H and O–H groups in total. The van der Waals surface area contributed by atoms with Crippen LogP contribution < -0.4 is 25.8 Å². The third-order valence-corrected chi connectivity index (χ3v) is 4.09. The van der Waals surface area contributed by atoms with Crippen molar-refractivity contribution in [1.82, 2.24) is 4.98 Å². The van der Waals surface area contributed by atoms with Crippen LogP contribution in [0.2, 0.25) is 0 Å². The zero-order valence-corrected chi connectivity index (χ0v) is 15.7. The number of primary amides is 1. The van der Waals surface area contributed by atoms with Crippen LogP contribution in [0.1, 0.15) is 17.3 Å². The van der Waals surface area contributed by atoms with E-state index >= 15 is 0 Å². The molecule has 0 aliphatic carbocycles. The van der Waals surface area contributed by atoms with E-state index in [9.17, 15) is 9.59 Å². The largest absolute Gasteiger partial charge is 0.493 e. The minimum atomic E-state index is -0.621. The number of benzene rings is 2. The van der Waals surface area contributed by atoms with Crippen LogP contribution >= 0.6 is 0 Å². The fourth-order valence-corrected chi connectivity index (χ4v) is 2.86. The minimum Gasteiger partial charge on any atom is -0.493 e. The third kappa shape index (κ3) is 3.80. The third-order valence-electron chi connectivity index (χ3n) is 4.09. The van der Waals surface area contributed by atoms with Gasteiger partial charge in [-0.25, -0.2) is 0 Å². The number of carbonyl (C=O) groups is 2. The smallest absolute Gasteiger partial charge is 0.252 e. The molecule has 1 heterocycles. The predicted molar refractivity (Wildman–Crippen MR) is 107 cm³/mol. The lowest BCUT2D eigenvalue weighted by Crippen LogP contribution is -2.14. The summed E-state index contributed by atoms with van der Waals surface area (Å²) in [7, 11) is 3.06. The average Bonchev–Trinajstić information content (AvgIpc) is 2.66. The number of hydrogen-bond acceptors (Lipinski definition) is 6. The molecule has 144 valence electrons. The van der Waals surface area contributed by atoms with E-state index in [0.29, 0.717) is 39.5 Å². The van der Waals surface area contributed by atoms with Gasteiger partial charge in [-0.2, -0.15) is 0 Å². The average molecular weight is 380 g/mol. The first-order valence-corrected chi connectivity index (χ1v) is 8.42. The number of ether oxygens (including phenoxy) is 2. The molecule has 2 aromatic carbocycles. The number of anilines is 3. The van der Waals surface area contributed by atoms with Crippen LogP contribution in [-0.2, 0) is 4.79 Å². The summed E-state index contributed by atoms with van der Waals surface area (Å²) in [5.41, 5.74) is 8.15. The first-order chi connectivity index (χ1) is 13.4. The summed E-state index contributed by atoms with van der Waals surface area (Å²) in [6, 6.07) is 10.6. The van der Waals surface area contributed by atoms with Crippen molar-refractivity contribution in [3.63, 3.8) is 0 Å². The molecule has 0 fully saturated rings. The van der Waals surface area contributed by atoms with Gasteiger partial charge in [-0.3, -0.25) is 14.6 Å². The van der Waals surface area contributed by atoms with Crippen LogP contribution in [0.25, 0.3) is 10.9 Å². The highest BCUT2D eigenvalue weighted by Gasteiger charge is 2.17. The van der Waals surface area contributed by atoms with Crippen LogP contribution in [0.4, 0.5) is 17.1 Å². The van der Waals surface area contributed by atoms with Crippen LogP contribution in [-0.4, -0.2) is 31.0 Å². The summed E-state index contributed by atoms with van der Waals surface area (Å²) < 4.78 is 10.7. The van der Waals surface area contributed by atoms with Gasteiger partial charge in [-0.1, -0.05) is 6.07 Å². The van der Waals surface area contributed by atoms with Crippen molar-refractivity contribution >= 4 is 39.8 Å². The van der Waals surface area contributed by atoms with E-state index < -0.39 is 5.91 Å². The molecule has 28 heavy (non-hydrogen) atoms. The van der Waals surface area contributed by atoms with Crippen molar-refractivity contribution in [2.45, 2.75) is 6.92 Å². The fraction of sp³-hybridized carbons (Fsp3) is 0.150. The first kappa shape index (κ1) is 19.0. The molecule has 0 atom stereocenters. The molecule has 0 spiro atoms. The number of fused-ring (bicyclic) bond motifs is 1. The topological polar surface area (TPSA) is 116 Å². The Bertz CT molecular complexity index is 1070. The van der Waals surface area contributed by atoms with E-state index in [4.69, 9.17) is 15.2 Å². The zero-order valence-electron chi connectivity index (χ0n) is 15.7. The molecular formula is C20H20N4O4. The van der Waals surface area contributed by atoms with Crippen molar-refractivity contribution in [2.75, 3.05) is 24.9 Å². The predicted octanol–water partition coefficient (Wildman–Crippen LogP) is 3.05. The summed E-state index contributed by atoms with van der Waals surface area (Å²) in [5, 5.41) is 6.57. The number of nitrogens with two attached hydrogens (primary N) is 1. The molecule has 3 aromatic rings. The molecule has 0 aliphatic heterocycles. The Balaban J connectivity index is 2.16. The van der Waals surface area contributed by atoms with Gasteiger partial charge in [0.25, 0.3) is 5.91 Å². The number of rotatable bonds is 6. The first-order valence-electron chi connectivity index (χ1n) is 8.42. The van der Waals surface area contributed by atoms with Crippen LogP contribution in [0.3, 0.4) is 0 Å². The Morgan fingerprint density at radius 3 is 2.36 bits per heavy atom. The molecular weight excluding hydrogens is 360 g/mol. The van der Waals surface area contributed by atoms with E-state index in [2.05, 4.69) is 15.6 Å². The summed E-state index contributed by atoms with van der Waals surface area (Å²) >= 11 is 0. The molecule has 0 radical (unpaired) electrons. The minimum absolute atomic E-state index is 0.179. The van der Waals surface area contributed by atoms with Crippen molar-refractivity contribution in [2.24, 2.45) is 5.73 Å². The lowest BCUT2D eigenvalue weighted by Gasteiger charge is -2.16. The summed E-state index contributed by atoms with van der Waals surface area (Å²) in [4.78, 5) is 27.6. The highest BCUT2D eigenvalue weighted by molar-refractivity contribution is 6.08. The summed E-state index contributed by atoms with van der Waals surface area (Å²) in [6.45, 7) is 1.43. The Morgan fingerprint density at radius 2 is 1.71 bits per heavy atom. The van der Waals surface area contributed by atoms with Crippen molar-refractivity contribution in [3.8, 4) is 11.5 Å². The maximum Gasteiger partial charge on any atom is 0.252 e. The number of pyridine rings is 1. The van der Waals surface area contributed by atoms with Gasteiger partial charge in [0.05, 0.1) is 31.0 Å². The SMILES string of the molecule is COc1cc2ncc(C(N)=O)c(Nc3cccc(NC(C)=O)c3)c2cc1OC. The van der Waals surface area contributed by atoms with Gasteiger partial charge in [0.2, 0.25) is 5.91 Å². The van der Waals surface area contributed by atoms with Crippen molar-refractivity contribution < 1.29 is 19.1 Å². The van der Waals surface area contributed by atoms with Gasteiger partial charge < -0.3 is 25.8 Å². The van der Waals surface area contributed by atoms with Crippen LogP contribution in [0.15, 0.2) is 42.6 Å². The fourth-order valence-electron chi connectivity index (χ4n) is 2.86. The highest BCUT2D eigenvalue weighted by atomic mass is 16.5. The van der Waals surface area contributed by atoms with E-state index in [-0.39, 0.29) is 11.5 Å². The van der Waals surface area contributed by atoms with E-state index in [1.54, 1.807) is 30.3 Å². The van der Waals surface area contributed by atoms with Gasteiger partial charge in [0.1, 0.15) is 0 Å². The summed E-state index contributed by atoms with van der Waals surface area (Å²) in [6.07, 6.45) is 1.41. The highest BCUT2D eigenvalue weighted by Crippen LogP contribution is 2.37. The van der Waals surface area contributed by atoms with Crippen molar-refractivity contribution in [3.05, 3.63) is 48.2 Å². The second-order valence-corrected chi connectivity index (χ2v) is 6.02. The standard InChI is InChI=1S/C20H20N4O4/c1-11(25)23-12-5-4-6-13(7-12)24-19-14-8-17(27-2)18(28-3)9-16(14)22-10-15(19)20(21)26/h4-10H,1-3H3,(H2,21,26)(H,22,24)(H,23,25). The molecule has 0 aliphatic rings. The quantitative estimate of drug-likeness (QED) is 0.605. The van der Waals surface area contributed by atoms with E-state index in [1.807, 2.05) is 6.07 Å². The molecule has 8 heteroatoms. The maximum absolute atomic E-state index is 12.0. The molecule has 0 unspecified atom stereocenters. The lowest BCUT2D eigenvalue weighted by atomic mass is 10.1. The van der Waals surface area contributed by atoms with Gasteiger partial charge in [-0.15, -0.1) is 0 Å². The van der Waals surface area contributed by atoms with Gasteiger partial charge in [0.15, 0.2) is 11.5 Å². The van der Waals surface area contributed by atoms with Gasteiger partial charge in [-0.05, 0) is 24.3 Å². The van der Waals surface area contributed by atoms with E-state index in [0.717, 1.165) is 0 Å². The number of nitrogens with zero attached hydrogens (tertiary/aromatic N) is 1. The van der Waals surface area contributed by atoms with Gasteiger partial charge >= 0.3 is 0 Å². The van der Waals surface area contributed by atoms with Crippen molar-refractivity contribution in [1.29, 1.82) is 0 Å². The second kappa shape index (κ2) is 7.83. The van der Waals surface area contributed by atoms with Crippen LogP contribution in [0, 0.1) is 0 Å². The lowest BCUT2D eigenvalue weighted by molar-refractivity contribution is -0.114. The molecule has 8 nitrogen and oxygen atoms in total. The number of methoxy groups -OCH3 is 2. The molecule has 0 saturated heterocycles. The maximum atomic E-state index is 12.0. The van der Waals surface area contributed by atoms with Gasteiger partial charge in [0, 0.05) is 35.9 Å². The Labute approximate surface area is 161 Å².